The molecule has 0 saturated heterocycles. The molecule has 3 aromatic rings. The monoisotopic (exact) mass is 488 g/mol. The summed E-state index contributed by atoms with van der Waals surface area (Å²) in [5, 5.41) is 2.18. The van der Waals surface area contributed by atoms with Crippen LogP contribution in [0.25, 0.3) is 0 Å². The van der Waals surface area contributed by atoms with Gasteiger partial charge in [-0.05, 0) is 24.3 Å². The second-order valence-electron chi connectivity index (χ2n) is 6.40. The quantitative estimate of drug-likeness (QED) is 0.452. The molecular formula is C21H20N4O8S. The van der Waals surface area contributed by atoms with Gasteiger partial charge in [-0.2, -0.15) is 9.97 Å². The SMILES string of the molecule is COC(=O)c1ccc(Oc2ccccc2)cc1S(=O)(=O)NC(=O)Nc1nc(OC)cc(OC)n1. The number of hydrogen-bond acceptors (Lipinski definition) is 10. The molecule has 2 amide bonds. The average Bonchev–Trinajstić information content (AvgIpc) is 2.83. The molecule has 3 rings (SSSR count). The van der Waals surface area contributed by atoms with E-state index in [-0.39, 0.29) is 29.0 Å². The molecule has 0 spiro atoms. The molecule has 178 valence electrons. The van der Waals surface area contributed by atoms with E-state index in [0.29, 0.717) is 5.75 Å². The van der Waals surface area contributed by atoms with E-state index in [0.717, 1.165) is 13.2 Å². The number of esters is 1. The highest BCUT2D eigenvalue weighted by Gasteiger charge is 2.26. The number of sulfonamides is 1. The predicted molar refractivity (Wildman–Crippen MR) is 119 cm³/mol. The van der Waals surface area contributed by atoms with Gasteiger partial charge >= 0.3 is 12.0 Å². The van der Waals surface area contributed by atoms with Gasteiger partial charge in [0, 0.05) is 6.07 Å². The molecule has 0 aliphatic heterocycles. The number of carbonyl (C=O) groups excluding carboxylic acids is 2. The second kappa shape index (κ2) is 10.5. The standard InChI is InChI=1S/C21H20N4O8S/c1-30-17-12-18(31-2)23-20(22-17)24-21(27)25-34(28,29)16-11-14(9-10-15(16)19(26)32-3)33-13-7-5-4-6-8-13/h4-12H,1-3H3,(H2,22,23,24,25,27). The summed E-state index contributed by atoms with van der Waals surface area (Å²) in [6.45, 7) is 0. The van der Waals surface area contributed by atoms with Crippen LogP contribution in [-0.2, 0) is 14.8 Å². The molecule has 1 heterocycles. The minimum absolute atomic E-state index is 0.0729. The van der Waals surface area contributed by atoms with Gasteiger partial charge in [-0.3, -0.25) is 5.32 Å². The smallest absolute Gasteiger partial charge is 0.339 e. The van der Waals surface area contributed by atoms with E-state index in [1.54, 1.807) is 35.1 Å². The van der Waals surface area contributed by atoms with Crippen molar-refractivity contribution < 1.29 is 37.0 Å². The van der Waals surface area contributed by atoms with Crippen LogP contribution in [-0.4, -0.2) is 51.7 Å². The van der Waals surface area contributed by atoms with E-state index in [2.05, 4.69) is 20.0 Å². The molecule has 34 heavy (non-hydrogen) atoms. The Morgan fingerprint density at radius 2 is 1.50 bits per heavy atom. The Hall–Kier alpha value is -4.39. The largest absolute Gasteiger partial charge is 0.481 e. The first-order chi connectivity index (χ1) is 16.2. The van der Waals surface area contributed by atoms with Crippen LogP contribution in [0.4, 0.5) is 10.7 Å². The van der Waals surface area contributed by atoms with Crippen LogP contribution in [0.2, 0.25) is 0 Å². The van der Waals surface area contributed by atoms with E-state index in [4.69, 9.17) is 14.2 Å². The van der Waals surface area contributed by atoms with E-state index in [1.807, 2.05) is 0 Å². The minimum Gasteiger partial charge on any atom is -0.481 e. The fourth-order valence-corrected chi connectivity index (χ4v) is 3.78. The third kappa shape index (κ3) is 5.89. The number of anilines is 1. The maximum Gasteiger partial charge on any atom is 0.339 e. The van der Waals surface area contributed by atoms with Crippen molar-refractivity contribution in [1.82, 2.24) is 14.7 Å². The van der Waals surface area contributed by atoms with Gasteiger partial charge in [0.1, 0.15) is 16.4 Å². The lowest BCUT2D eigenvalue weighted by Crippen LogP contribution is -2.35. The van der Waals surface area contributed by atoms with Crippen molar-refractivity contribution in [3.8, 4) is 23.3 Å². The molecule has 0 atom stereocenters. The molecular weight excluding hydrogens is 468 g/mol. The summed E-state index contributed by atoms with van der Waals surface area (Å²) in [6, 6.07) is 12.5. The molecule has 0 radical (unpaired) electrons. The van der Waals surface area contributed by atoms with Crippen LogP contribution < -0.4 is 24.2 Å². The Morgan fingerprint density at radius 3 is 2.09 bits per heavy atom. The number of aromatic nitrogens is 2. The third-order valence-electron chi connectivity index (χ3n) is 4.18. The van der Waals surface area contributed by atoms with Gasteiger partial charge in [-0.25, -0.2) is 22.7 Å². The molecule has 0 aliphatic carbocycles. The first-order valence-electron chi connectivity index (χ1n) is 9.52. The Morgan fingerprint density at radius 1 is 0.853 bits per heavy atom. The predicted octanol–water partition coefficient (Wildman–Crippen LogP) is 2.58. The molecule has 0 saturated carbocycles. The van der Waals surface area contributed by atoms with Gasteiger partial charge in [0.05, 0.1) is 33.0 Å². The summed E-state index contributed by atoms with van der Waals surface area (Å²) < 4.78 is 48.1. The molecule has 2 aromatic carbocycles. The van der Waals surface area contributed by atoms with Crippen LogP contribution in [0, 0.1) is 0 Å². The van der Waals surface area contributed by atoms with Crippen LogP contribution in [0.1, 0.15) is 10.4 Å². The van der Waals surface area contributed by atoms with E-state index in [9.17, 15) is 18.0 Å². The van der Waals surface area contributed by atoms with E-state index < -0.39 is 26.9 Å². The number of benzene rings is 2. The normalized spacial score (nSPS) is 10.7. The Labute approximate surface area is 194 Å². The highest BCUT2D eigenvalue weighted by Crippen LogP contribution is 2.27. The van der Waals surface area contributed by atoms with Crippen molar-refractivity contribution in [2.24, 2.45) is 0 Å². The molecule has 13 heteroatoms. The van der Waals surface area contributed by atoms with Crippen molar-refractivity contribution in [1.29, 1.82) is 0 Å². The summed E-state index contributed by atoms with van der Waals surface area (Å²) in [6.07, 6.45) is 0. The highest BCUT2D eigenvalue weighted by molar-refractivity contribution is 7.90. The number of nitrogens with zero attached hydrogens (tertiary/aromatic N) is 2. The van der Waals surface area contributed by atoms with Crippen molar-refractivity contribution in [3.05, 3.63) is 60.2 Å². The summed E-state index contributed by atoms with van der Waals surface area (Å²) in [7, 11) is -0.790. The fourth-order valence-electron chi connectivity index (χ4n) is 2.66. The number of ether oxygens (including phenoxy) is 4. The number of rotatable bonds is 8. The number of methoxy groups -OCH3 is 3. The van der Waals surface area contributed by atoms with Crippen LogP contribution >= 0.6 is 0 Å². The van der Waals surface area contributed by atoms with Crippen LogP contribution in [0.15, 0.2) is 59.5 Å². The Balaban J connectivity index is 1.89. The number of carbonyl (C=O) groups is 2. The summed E-state index contributed by atoms with van der Waals surface area (Å²) in [5.41, 5.74) is -0.303. The summed E-state index contributed by atoms with van der Waals surface area (Å²) in [4.78, 5) is 31.8. The lowest BCUT2D eigenvalue weighted by Gasteiger charge is -2.13. The van der Waals surface area contributed by atoms with Gasteiger partial charge < -0.3 is 18.9 Å². The summed E-state index contributed by atoms with van der Waals surface area (Å²) in [5.74, 6) is -0.509. The molecule has 0 bridgehead atoms. The van der Waals surface area contributed by atoms with Gasteiger partial charge in [0.15, 0.2) is 0 Å². The first-order valence-corrected chi connectivity index (χ1v) is 11.0. The Bertz CT molecular complexity index is 1280. The van der Waals surface area contributed by atoms with Crippen LogP contribution in [0.5, 0.6) is 23.3 Å². The van der Waals surface area contributed by atoms with E-state index >= 15 is 0 Å². The maximum absolute atomic E-state index is 13.0. The van der Waals surface area contributed by atoms with Crippen molar-refractivity contribution in [2.75, 3.05) is 26.6 Å². The molecule has 0 aliphatic rings. The molecule has 12 nitrogen and oxygen atoms in total. The zero-order valence-corrected chi connectivity index (χ0v) is 19.1. The topological polar surface area (TPSA) is 155 Å². The van der Waals surface area contributed by atoms with Crippen molar-refractivity contribution in [3.63, 3.8) is 0 Å². The van der Waals surface area contributed by atoms with Gasteiger partial charge in [-0.1, -0.05) is 18.2 Å². The van der Waals surface area contributed by atoms with E-state index in [1.165, 1.54) is 32.4 Å². The lowest BCUT2D eigenvalue weighted by atomic mass is 10.2. The third-order valence-corrected chi connectivity index (χ3v) is 5.55. The summed E-state index contributed by atoms with van der Waals surface area (Å²) >= 11 is 0. The first kappa shape index (κ1) is 24.3. The molecule has 1 aromatic heterocycles. The molecule has 2 N–H and O–H groups in total. The number of nitrogens with one attached hydrogen (secondary N) is 2. The highest BCUT2D eigenvalue weighted by atomic mass is 32.2. The Kier molecular flexibility index (Phi) is 7.48. The molecule has 0 fully saturated rings. The zero-order valence-electron chi connectivity index (χ0n) is 18.3. The van der Waals surface area contributed by atoms with Crippen LogP contribution in [0.3, 0.4) is 0 Å². The van der Waals surface area contributed by atoms with Crippen molar-refractivity contribution >= 4 is 28.0 Å². The fraction of sp³-hybridized carbons (Fsp3) is 0.143. The number of para-hydroxylation sites is 1. The number of urea groups is 1. The lowest BCUT2D eigenvalue weighted by molar-refractivity contribution is 0.0596. The van der Waals surface area contributed by atoms with Crippen molar-refractivity contribution in [2.45, 2.75) is 4.90 Å². The average molecular weight is 488 g/mol. The molecule has 0 unspecified atom stereocenters. The van der Waals surface area contributed by atoms with Gasteiger partial charge in [0.25, 0.3) is 10.0 Å². The maximum atomic E-state index is 13.0. The van der Waals surface area contributed by atoms with Gasteiger partial charge in [-0.15, -0.1) is 0 Å². The second-order valence-corrected chi connectivity index (χ2v) is 8.05. The minimum atomic E-state index is -4.57. The zero-order chi connectivity index (χ0) is 24.7. The number of hydrogen-bond donors (Lipinski definition) is 2. The van der Waals surface area contributed by atoms with Gasteiger partial charge in [0.2, 0.25) is 17.7 Å². The number of amides is 2.